The number of rotatable bonds is 9. The van der Waals surface area contributed by atoms with Crippen LogP contribution in [0.5, 0.6) is 5.88 Å². The van der Waals surface area contributed by atoms with Crippen LogP contribution in [0.15, 0.2) is 30.6 Å². The van der Waals surface area contributed by atoms with Crippen molar-refractivity contribution in [1.29, 1.82) is 5.26 Å². The van der Waals surface area contributed by atoms with E-state index in [0.717, 1.165) is 18.4 Å². The van der Waals surface area contributed by atoms with Gasteiger partial charge in [0.1, 0.15) is 13.0 Å². The number of nitriles is 1. The van der Waals surface area contributed by atoms with E-state index < -0.39 is 5.82 Å². The van der Waals surface area contributed by atoms with Crippen LogP contribution < -0.4 is 10.1 Å². The highest BCUT2D eigenvalue weighted by molar-refractivity contribution is 5.78. The van der Waals surface area contributed by atoms with Crippen LogP contribution in [0.3, 0.4) is 0 Å². The number of carbonyl (C=O) groups is 1. The monoisotopic (exact) mass is 467 g/mol. The Morgan fingerprint density at radius 3 is 3.06 bits per heavy atom. The van der Waals surface area contributed by atoms with Crippen molar-refractivity contribution in [2.45, 2.75) is 32.2 Å². The van der Waals surface area contributed by atoms with E-state index in [4.69, 9.17) is 14.7 Å². The van der Waals surface area contributed by atoms with Gasteiger partial charge in [0.15, 0.2) is 11.6 Å². The average molecular weight is 468 g/mol. The van der Waals surface area contributed by atoms with Crippen molar-refractivity contribution in [3.05, 3.63) is 36.4 Å². The molecule has 1 N–H and O–H groups in total. The van der Waals surface area contributed by atoms with Gasteiger partial charge in [-0.05, 0) is 31.9 Å². The maximum absolute atomic E-state index is 15.4. The van der Waals surface area contributed by atoms with E-state index in [9.17, 15) is 4.79 Å². The van der Waals surface area contributed by atoms with Gasteiger partial charge in [-0.2, -0.15) is 19.7 Å². The Hall–Kier alpha value is -3.78. The minimum atomic E-state index is -0.711. The van der Waals surface area contributed by atoms with Crippen molar-refractivity contribution in [2.75, 3.05) is 38.2 Å². The molecule has 4 heterocycles. The highest BCUT2D eigenvalue weighted by atomic mass is 19.1. The summed E-state index contributed by atoms with van der Waals surface area (Å²) < 4.78 is 27.9. The Balaban J connectivity index is 1.63. The number of nitrogens with one attached hydrogen (secondary N) is 1. The molecule has 4 rings (SSSR count). The number of piperidine rings is 1. The molecule has 178 valence electrons. The summed E-state index contributed by atoms with van der Waals surface area (Å²) in [6.07, 6.45) is 4.72. The molecule has 0 aromatic carbocycles. The maximum Gasteiger partial charge on any atom is 0.256 e. The van der Waals surface area contributed by atoms with Gasteiger partial charge in [-0.1, -0.05) is 6.07 Å². The van der Waals surface area contributed by atoms with Gasteiger partial charge >= 0.3 is 0 Å². The number of nitrogens with zero attached hydrogens (tertiary/aromatic N) is 6. The zero-order valence-electron chi connectivity index (χ0n) is 18.9. The summed E-state index contributed by atoms with van der Waals surface area (Å²) in [5.74, 6) is -0.868. The minimum Gasteiger partial charge on any atom is -0.473 e. The van der Waals surface area contributed by atoms with Gasteiger partial charge in [-0.25, -0.2) is 9.50 Å². The molecule has 1 amide bonds. The first kappa shape index (κ1) is 23.4. The Morgan fingerprint density at radius 1 is 1.35 bits per heavy atom. The lowest BCUT2D eigenvalue weighted by atomic mass is 10.1. The van der Waals surface area contributed by atoms with E-state index in [1.54, 1.807) is 21.8 Å². The molecule has 11 heteroatoms. The molecule has 0 saturated carbocycles. The summed E-state index contributed by atoms with van der Waals surface area (Å²) in [6, 6.07) is 7.26. The quantitative estimate of drug-likeness (QED) is 0.477. The molecule has 1 fully saturated rings. The molecule has 3 aromatic heterocycles. The molecule has 0 bridgehead atoms. The zero-order chi connectivity index (χ0) is 23.9. The molecule has 10 nitrogen and oxygen atoms in total. The van der Waals surface area contributed by atoms with Gasteiger partial charge in [-0.15, -0.1) is 0 Å². The predicted molar refractivity (Wildman–Crippen MR) is 122 cm³/mol. The number of aromatic nitrogens is 4. The first-order valence-electron chi connectivity index (χ1n) is 11.2. The lowest BCUT2D eigenvalue weighted by molar-refractivity contribution is -0.131. The van der Waals surface area contributed by atoms with E-state index >= 15 is 4.39 Å². The summed E-state index contributed by atoms with van der Waals surface area (Å²) in [4.78, 5) is 22.6. The lowest BCUT2D eigenvalue weighted by Crippen LogP contribution is -2.45. The van der Waals surface area contributed by atoms with Crippen LogP contribution in [-0.4, -0.2) is 69.3 Å². The van der Waals surface area contributed by atoms with Crippen molar-refractivity contribution in [2.24, 2.45) is 0 Å². The third-order valence-electron chi connectivity index (χ3n) is 5.50. The highest BCUT2D eigenvalue weighted by Crippen LogP contribution is 2.29. The fourth-order valence-corrected chi connectivity index (χ4v) is 3.88. The fourth-order valence-electron chi connectivity index (χ4n) is 3.88. The summed E-state index contributed by atoms with van der Waals surface area (Å²) in [7, 11) is 0. The molecule has 3 aromatic rings. The van der Waals surface area contributed by atoms with Crippen LogP contribution in [0, 0.1) is 17.1 Å². The molecule has 1 aliphatic rings. The molecule has 0 unspecified atom stereocenters. The number of fused-ring (bicyclic) bond motifs is 1. The third kappa shape index (κ3) is 5.23. The Bertz CT molecular complexity index is 1190. The average Bonchev–Trinajstić information content (AvgIpc) is 3.28. The number of carbonyl (C=O) groups excluding carboxylic acids is 1. The van der Waals surface area contributed by atoms with Crippen LogP contribution in [-0.2, 0) is 9.53 Å². The number of pyridine rings is 1. The lowest BCUT2D eigenvalue weighted by Gasteiger charge is -2.33. The molecular formula is C23H26FN7O3. The van der Waals surface area contributed by atoms with Crippen LogP contribution >= 0.6 is 0 Å². The van der Waals surface area contributed by atoms with Gasteiger partial charge in [0.2, 0.25) is 11.7 Å². The fraction of sp³-hybridized carbons (Fsp3) is 0.435. The molecule has 0 radical (unpaired) electrons. The summed E-state index contributed by atoms with van der Waals surface area (Å²) in [5, 5.41) is 16.3. The minimum absolute atomic E-state index is 0.00808. The number of hydrogen-bond acceptors (Lipinski definition) is 8. The SMILES string of the molecule is CCOCCOc1nc(-c2cnn3ccccc23)nc(N[C@@H]2CCCN(C(=O)CC#N)C2)c1F. The van der Waals surface area contributed by atoms with Gasteiger partial charge < -0.3 is 19.7 Å². The van der Waals surface area contributed by atoms with Crippen molar-refractivity contribution in [3.63, 3.8) is 0 Å². The second-order valence-corrected chi connectivity index (χ2v) is 7.81. The van der Waals surface area contributed by atoms with Crippen molar-refractivity contribution < 1.29 is 18.7 Å². The number of hydrogen-bond donors (Lipinski definition) is 1. The first-order chi connectivity index (χ1) is 16.6. The first-order valence-corrected chi connectivity index (χ1v) is 11.2. The van der Waals surface area contributed by atoms with Crippen LogP contribution in [0.25, 0.3) is 16.9 Å². The number of anilines is 1. The summed E-state index contributed by atoms with van der Waals surface area (Å²) in [6.45, 7) is 3.76. The van der Waals surface area contributed by atoms with E-state index in [-0.39, 0.29) is 42.5 Å². The highest BCUT2D eigenvalue weighted by Gasteiger charge is 2.26. The van der Waals surface area contributed by atoms with Crippen molar-refractivity contribution in [1.82, 2.24) is 24.5 Å². The van der Waals surface area contributed by atoms with Gasteiger partial charge in [0.05, 0.1) is 30.0 Å². The number of halogens is 1. The predicted octanol–water partition coefficient (Wildman–Crippen LogP) is 2.66. The molecule has 0 spiro atoms. The topological polar surface area (TPSA) is 118 Å². The van der Waals surface area contributed by atoms with Crippen molar-refractivity contribution >= 4 is 17.2 Å². The number of ether oxygens (including phenoxy) is 2. The van der Waals surface area contributed by atoms with Crippen LogP contribution in [0.2, 0.25) is 0 Å². The Morgan fingerprint density at radius 2 is 2.24 bits per heavy atom. The third-order valence-corrected chi connectivity index (χ3v) is 5.50. The van der Waals surface area contributed by atoms with Gasteiger partial charge in [-0.3, -0.25) is 4.79 Å². The van der Waals surface area contributed by atoms with Crippen LogP contribution in [0.1, 0.15) is 26.2 Å². The summed E-state index contributed by atoms with van der Waals surface area (Å²) in [5.41, 5.74) is 1.40. The summed E-state index contributed by atoms with van der Waals surface area (Å²) >= 11 is 0. The number of likely N-dealkylation sites (tertiary alicyclic amines) is 1. The van der Waals surface area contributed by atoms with Crippen molar-refractivity contribution in [3.8, 4) is 23.3 Å². The Labute approximate surface area is 196 Å². The maximum atomic E-state index is 15.4. The second-order valence-electron chi connectivity index (χ2n) is 7.81. The normalized spacial score (nSPS) is 15.8. The largest absolute Gasteiger partial charge is 0.473 e. The number of amides is 1. The second kappa shape index (κ2) is 10.9. The van der Waals surface area contributed by atoms with E-state index in [0.29, 0.717) is 31.9 Å². The molecule has 1 saturated heterocycles. The molecular weight excluding hydrogens is 441 g/mol. The van der Waals surface area contributed by atoms with E-state index in [1.807, 2.05) is 31.2 Å². The zero-order valence-corrected chi connectivity index (χ0v) is 18.9. The van der Waals surface area contributed by atoms with Crippen LogP contribution in [0.4, 0.5) is 10.2 Å². The molecule has 34 heavy (non-hydrogen) atoms. The Kier molecular flexibility index (Phi) is 7.49. The standard InChI is InChI=1S/C23H26FN7O3/c1-2-33-12-13-34-23-20(24)22(27-16-6-5-10-30(15-16)19(32)8-9-25)28-21(29-23)17-14-26-31-11-4-3-7-18(17)31/h3-4,7,11,14,16H,2,5-6,8,10,12-13,15H2,1H3,(H,27,28,29)/t16-/m1/s1. The molecule has 1 aliphatic heterocycles. The van der Waals surface area contributed by atoms with E-state index in [2.05, 4.69) is 20.4 Å². The molecule has 0 aliphatic carbocycles. The van der Waals surface area contributed by atoms with Gasteiger partial charge in [0.25, 0.3) is 5.88 Å². The van der Waals surface area contributed by atoms with Gasteiger partial charge in [0, 0.05) is 31.9 Å². The van der Waals surface area contributed by atoms with E-state index in [1.165, 1.54) is 0 Å². The smallest absolute Gasteiger partial charge is 0.256 e. The molecule has 1 atom stereocenters.